The van der Waals surface area contributed by atoms with E-state index in [2.05, 4.69) is 6.07 Å². The van der Waals surface area contributed by atoms with E-state index < -0.39 is 6.23 Å². The third-order valence-electron chi connectivity index (χ3n) is 5.11. The van der Waals surface area contributed by atoms with Crippen LogP contribution >= 0.6 is 23.2 Å². The molecule has 6 heteroatoms. The van der Waals surface area contributed by atoms with Gasteiger partial charge in [0.2, 0.25) is 6.23 Å². The molecule has 0 saturated carbocycles. The third kappa shape index (κ3) is 2.93. The molecule has 2 aliphatic heterocycles. The van der Waals surface area contributed by atoms with Crippen molar-refractivity contribution >= 4 is 28.9 Å². The lowest BCUT2D eigenvalue weighted by Crippen LogP contribution is -2.33. The van der Waals surface area contributed by atoms with E-state index >= 15 is 0 Å². The van der Waals surface area contributed by atoms with E-state index in [0.717, 1.165) is 28.2 Å². The molecule has 5 rings (SSSR count). The Bertz CT molecular complexity index is 1080. The second kappa shape index (κ2) is 6.80. The topological polar surface area (TPSA) is 24.8 Å². The molecular weight excluding hydrogens is 398 g/mol. The zero-order chi connectivity index (χ0) is 19.3. The monoisotopic (exact) mass is 412 g/mol. The maximum Gasteiger partial charge on any atom is 0.215 e. The summed E-state index contributed by atoms with van der Waals surface area (Å²) in [6, 6.07) is 19.7. The minimum absolute atomic E-state index is 0.0155. The lowest BCUT2D eigenvalue weighted by molar-refractivity contribution is -0.0189. The first kappa shape index (κ1) is 17.5. The molecule has 0 unspecified atom stereocenters. The van der Waals surface area contributed by atoms with E-state index in [0.29, 0.717) is 16.5 Å². The Balaban J connectivity index is 1.61. The second-order valence-corrected chi connectivity index (χ2v) is 7.67. The average molecular weight is 413 g/mol. The first-order valence-electron chi connectivity index (χ1n) is 8.92. The summed E-state index contributed by atoms with van der Waals surface area (Å²) >= 11 is 12.5. The summed E-state index contributed by atoms with van der Waals surface area (Å²) in [5, 5.41) is 7.88. The number of ether oxygens (including phenoxy) is 1. The minimum atomic E-state index is -0.470. The van der Waals surface area contributed by atoms with Gasteiger partial charge in [-0.05, 0) is 35.9 Å². The molecule has 3 nitrogen and oxygen atoms in total. The molecule has 0 aromatic heterocycles. The normalized spacial score (nSPS) is 20.2. The molecule has 0 N–H and O–H groups in total. The molecule has 3 aromatic carbocycles. The van der Waals surface area contributed by atoms with Crippen molar-refractivity contribution in [3.8, 4) is 5.75 Å². The average Bonchev–Trinajstić information content (AvgIpc) is 3.14. The van der Waals surface area contributed by atoms with Crippen LogP contribution in [0.4, 0.5) is 4.39 Å². The summed E-state index contributed by atoms with van der Waals surface area (Å²) < 4.78 is 19.6. The summed E-state index contributed by atoms with van der Waals surface area (Å²) in [6.07, 6.45) is 0.232. The van der Waals surface area contributed by atoms with E-state index in [1.807, 2.05) is 29.3 Å². The molecular formula is C22H15Cl2FN2O. The SMILES string of the molecule is Fc1ccc(C2=NN3[C@H](C2)c2ccccc2O[C@H]3c2ccc(Cl)cc2Cl)cc1. The van der Waals surface area contributed by atoms with Gasteiger partial charge in [0, 0.05) is 22.6 Å². The van der Waals surface area contributed by atoms with Gasteiger partial charge in [0.05, 0.1) is 16.8 Å². The van der Waals surface area contributed by atoms with E-state index in [-0.39, 0.29) is 11.9 Å². The van der Waals surface area contributed by atoms with E-state index in [1.54, 1.807) is 24.3 Å². The smallest absolute Gasteiger partial charge is 0.215 e. The molecule has 28 heavy (non-hydrogen) atoms. The summed E-state index contributed by atoms with van der Waals surface area (Å²) in [6.45, 7) is 0. The number of hydrazone groups is 1. The lowest BCUT2D eigenvalue weighted by Gasteiger charge is -2.38. The van der Waals surface area contributed by atoms with Crippen LogP contribution in [0.5, 0.6) is 5.75 Å². The highest BCUT2D eigenvalue weighted by Gasteiger charge is 2.41. The zero-order valence-corrected chi connectivity index (χ0v) is 16.2. The standard InChI is InChI=1S/C22H15Cl2FN2O/c23-14-7-10-16(18(24)11-14)22-27-20(17-3-1-2-4-21(17)28-22)12-19(26-27)13-5-8-15(25)9-6-13/h1-11,20,22H,12H2/t20-,22+/m1/s1. The Kier molecular flexibility index (Phi) is 4.26. The molecule has 3 aromatic rings. The first-order chi connectivity index (χ1) is 13.6. The van der Waals surface area contributed by atoms with Crippen LogP contribution in [0, 0.1) is 5.82 Å². The fourth-order valence-electron chi connectivity index (χ4n) is 3.76. The van der Waals surface area contributed by atoms with Crippen molar-refractivity contribution in [1.82, 2.24) is 5.01 Å². The highest BCUT2D eigenvalue weighted by atomic mass is 35.5. The number of para-hydroxylation sites is 1. The number of hydrogen-bond acceptors (Lipinski definition) is 3. The predicted octanol–water partition coefficient (Wildman–Crippen LogP) is 6.37. The fourth-order valence-corrected chi connectivity index (χ4v) is 4.26. The van der Waals surface area contributed by atoms with Gasteiger partial charge in [-0.25, -0.2) is 9.40 Å². The molecule has 2 heterocycles. The fraction of sp³-hybridized carbons (Fsp3) is 0.136. The maximum atomic E-state index is 13.3. The van der Waals surface area contributed by atoms with Gasteiger partial charge in [0.15, 0.2) is 0 Å². The largest absolute Gasteiger partial charge is 0.464 e. The summed E-state index contributed by atoms with van der Waals surface area (Å²) in [5.41, 5.74) is 3.66. The Morgan fingerprint density at radius 2 is 1.75 bits per heavy atom. The van der Waals surface area contributed by atoms with E-state index in [9.17, 15) is 4.39 Å². The summed E-state index contributed by atoms with van der Waals surface area (Å²) in [5.74, 6) is 0.551. The molecule has 0 fully saturated rings. The maximum absolute atomic E-state index is 13.3. The van der Waals surface area contributed by atoms with Crippen molar-refractivity contribution in [3.63, 3.8) is 0 Å². The van der Waals surface area contributed by atoms with Crippen molar-refractivity contribution in [2.75, 3.05) is 0 Å². The van der Waals surface area contributed by atoms with Crippen molar-refractivity contribution in [3.05, 3.63) is 99.3 Å². The van der Waals surface area contributed by atoms with Gasteiger partial charge in [-0.2, -0.15) is 5.10 Å². The van der Waals surface area contributed by atoms with Crippen LogP contribution in [0.1, 0.15) is 35.4 Å². The van der Waals surface area contributed by atoms with Crippen LogP contribution in [-0.4, -0.2) is 10.7 Å². The molecule has 140 valence electrons. The number of nitrogens with zero attached hydrogens (tertiary/aromatic N) is 2. The number of halogens is 3. The van der Waals surface area contributed by atoms with E-state index in [1.165, 1.54) is 12.1 Å². The highest BCUT2D eigenvalue weighted by Crippen LogP contribution is 2.48. The lowest BCUT2D eigenvalue weighted by atomic mass is 9.96. The molecule has 2 atom stereocenters. The van der Waals surface area contributed by atoms with Gasteiger partial charge in [0.25, 0.3) is 0 Å². The quantitative estimate of drug-likeness (QED) is 0.487. The second-order valence-electron chi connectivity index (χ2n) is 6.83. The van der Waals surface area contributed by atoms with Gasteiger partial charge in [-0.1, -0.05) is 59.6 Å². The molecule has 0 amide bonds. The van der Waals surface area contributed by atoms with Gasteiger partial charge in [-0.15, -0.1) is 0 Å². The molecule has 0 bridgehead atoms. The number of benzene rings is 3. The van der Waals surface area contributed by atoms with Crippen molar-refractivity contribution < 1.29 is 9.13 Å². The molecule has 0 aliphatic carbocycles. The van der Waals surface area contributed by atoms with Crippen molar-refractivity contribution in [2.45, 2.75) is 18.7 Å². The number of hydrogen-bond donors (Lipinski definition) is 0. The van der Waals surface area contributed by atoms with E-state index in [4.69, 9.17) is 33.0 Å². The van der Waals surface area contributed by atoms with Gasteiger partial charge in [0.1, 0.15) is 11.6 Å². The Hall–Kier alpha value is -2.56. The Morgan fingerprint density at radius 3 is 2.54 bits per heavy atom. The minimum Gasteiger partial charge on any atom is -0.464 e. The zero-order valence-electron chi connectivity index (χ0n) is 14.6. The third-order valence-corrected chi connectivity index (χ3v) is 5.67. The number of fused-ring (bicyclic) bond motifs is 3. The Labute approximate surface area is 172 Å². The van der Waals surface area contributed by atoms with Crippen LogP contribution in [-0.2, 0) is 0 Å². The molecule has 2 aliphatic rings. The van der Waals surface area contributed by atoms with Crippen LogP contribution in [0.25, 0.3) is 0 Å². The van der Waals surface area contributed by atoms with Crippen LogP contribution < -0.4 is 4.74 Å². The van der Waals surface area contributed by atoms with Gasteiger partial charge in [-0.3, -0.25) is 0 Å². The van der Waals surface area contributed by atoms with Gasteiger partial charge >= 0.3 is 0 Å². The summed E-state index contributed by atoms with van der Waals surface area (Å²) in [4.78, 5) is 0. The Morgan fingerprint density at radius 1 is 0.964 bits per heavy atom. The predicted molar refractivity (Wildman–Crippen MR) is 108 cm³/mol. The summed E-state index contributed by atoms with van der Waals surface area (Å²) in [7, 11) is 0. The van der Waals surface area contributed by atoms with Gasteiger partial charge < -0.3 is 4.74 Å². The van der Waals surface area contributed by atoms with Crippen LogP contribution in [0.2, 0.25) is 10.0 Å². The first-order valence-corrected chi connectivity index (χ1v) is 9.68. The van der Waals surface area contributed by atoms with Crippen molar-refractivity contribution in [2.24, 2.45) is 5.10 Å². The highest BCUT2D eigenvalue weighted by molar-refractivity contribution is 6.35. The van der Waals surface area contributed by atoms with Crippen molar-refractivity contribution in [1.29, 1.82) is 0 Å². The molecule has 0 spiro atoms. The van der Waals surface area contributed by atoms with Crippen LogP contribution in [0.15, 0.2) is 71.8 Å². The van der Waals surface area contributed by atoms with Crippen LogP contribution in [0.3, 0.4) is 0 Å². The molecule has 0 radical (unpaired) electrons. The molecule has 0 saturated heterocycles. The number of rotatable bonds is 2.